The SMILES string of the molecule is C=C(C)C(=O)OCCOCOC(=O)OCCOCCOCCOC(=O)OCOCCOC(=O)C(=C)C. The fourth-order valence-corrected chi connectivity index (χ4v) is 1.70. The molecule has 0 saturated carbocycles. The van der Waals surface area contributed by atoms with Crippen molar-refractivity contribution in [3.05, 3.63) is 24.3 Å². The zero-order chi connectivity index (χ0) is 27.0. The number of carbonyl (C=O) groups excluding carboxylic acids is 4. The minimum Gasteiger partial charge on any atom is -0.460 e. The van der Waals surface area contributed by atoms with E-state index in [1.165, 1.54) is 13.8 Å². The fraction of sp³-hybridized carbons (Fsp3) is 0.636. The van der Waals surface area contributed by atoms with Crippen LogP contribution in [0.25, 0.3) is 0 Å². The third kappa shape index (κ3) is 21.3. The highest BCUT2D eigenvalue weighted by Crippen LogP contribution is 1.94. The molecule has 0 aliphatic rings. The Hall–Kier alpha value is -3.20. The van der Waals surface area contributed by atoms with E-state index in [9.17, 15) is 19.2 Å². The lowest BCUT2D eigenvalue weighted by Crippen LogP contribution is -2.18. The second kappa shape index (κ2) is 22.3. The van der Waals surface area contributed by atoms with Gasteiger partial charge in [0.15, 0.2) is 13.6 Å². The lowest BCUT2D eigenvalue weighted by molar-refractivity contribution is -0.142. The Balaban J connectivity index is 3.36. The van der Waals surface area contributed by atoms with Crippen LogP contribution in [0.2, 0.25) is 0 Å². The van der Waals surface area contributed by atoms with E-state index in [-0.39, 0.29) is 90.8 Å². The highest BCUT2D eigenvalue weighted by molar-refractivity contribution is 5.87. The summed E-state index contributed by atoms with van der Waals surface area (Å²) in [5, 5.41) is 0. The number of esters is 2. The molecule has 0 aromatic rings. The van der Waals surface area contributed by atoms with Crippen LogP contribution in [0.4, 0.5) is 9.59 Å². The molecule has 0 bridgehead atoms. The van der Waals surface area contributed by atoms with E-state index in [2.05, 4.69) is 22.6 Å². The molecule has 0 rings (SSSR count). The van der Waals surface area contributed by atoms with E-state index >= 15 is 0 Å². The van der Waals surface area contributed by atoms with Gasteiger partial charge >= 0.3 is 24.2 Å². The monoisotopic (exact) mass is 522 g/mol. The van der Waals surface area contributed by atoms with E-state index in [0.29, 0.717) is 0 Å². The molecule has 0 amide bonds. The average Bonchev–Trinajstić information content (AvgIpc) is 2.83. The van der Waals surface area contributed by atoms with Crippen LogP contribution in [0.15, 0.2) is 24.3 Å². The average molecular weight is 523 g/mol. The Morgan fingerprint density at radius 1 is 0.444 bits per heavy atom. The van der Waals surface area contributed by atoms with Crippen molar-refractivity contribution in [1.29, 1.82) is 0 Å². The van der Waals surface area contributed by atoms with E-state index in [0.717, 1.165) is 0 Å². The number of rotatable bonds is 21. The molecule has 0 radical (unpaired) electrons. The maximum atomic E-state index is 11.3. The first-order chi connectivity index (χ1) is 17.2. The largest absolute Gasteiger partial charge is 0.510 e. The quantitative estimate of drug-likeness (QED) is 0.0701. The van der Waals surface area contributed by atoms with Gasteiger partial charge in [-0.25, -0.2) is 19.2 Å². The number of ether oxygens (including phenoxy) is 10. The zero-order valence-electron chi connectivity index (χ0n) is 20.6. The Bertz CT molecular complexity index is 632. The fourth-order valence-electron chi connectivity index (χ4n) is 1.70. The number of carbonyl (C=O) groups is 4. The van der Waals surface area contributed by atoms with Crippen molar-refractivity contribution in [2.75, 3.05) is 79.7 Å². The maximum Gasteiger partial charge on any atom is 0.510 e. The highest BCUT2D eigenvalue weighted by atomic mass is 16.8. The van der Waals surface area contributed by atoms with Gasteiger partial charge in [-0.3, -0.25) is 0 Å². The molecule has 0 fully saturated rings. The lowest BCUT2D eigenvalue weighted by Gasteiger charge is -2.09. The summed E-state index contributed by atoms with van der Waals surface area (Å²) < 4.78 is 48.6. The topological polar surface area (TPSA) is 161 Å². The molecule has 206 valence electrons. The lowest BCUT2D eigenvalue weighted by atomic mass is 10.4. The Kier molecular flexibility index (Phi) is 20.3. The van der Waals surface area contributed by atoms with Crippen molar-refractivity contribution in [2.24, 2.45) is 0 Å². The third-order valence-corrected chi connectivity index (χ3v) is 3.41. The van der Waals surface area contributed by atoms with Crippen molar-refractivity contribution in [3.63, 3.8) is 0 Å². The summed E-state index contributed by atoms with van der Waals surface area (Å²) in [5.74, 6) is -1.06. The van der Waals surface area contributed by atoms with Crippen molar-refractivity contribution < 1.29 is 66.5 Å². The summed E-state index contributed by atoms with van der Waals surface area (Å²) in [7, 11) is 0. The molecule has 0 aliphatic carbocycles. The van der Waals surface area contributed by atoms with E-state index in [1.807, 2.05) is 0 Å². The summed E-state index contributed by atoms with van der Waals surface area (Å²) in [5.41, 5.74) is 0.550. The molecule has 36 heavy (non-hydrogen) atoms. The minimum absolute atomic E-state index is 0.00293. The predicted octanol–water partition coefficient (Wildman–Crippen LogP) is 1.51. The van der Waals surface area contributed by atoms with Crippen LogP contribution in [-0.2, 0) is 57.0 Å². The Morgan fingerprint density at radius 2 is 0.750 bits per heavy atom. The summed E-state index contributed by atoms with van der Waals surface area (Å²) in [6, 6.07) is 0. The minimum atomic E-state index is -0.936. The molecule has 14 heteroatoms. The smallest absolute Gasteiger partial charge is 0.460 e. The second-order valence-corrected chi connectivity index (χ2v) is 6.60. The summed E-state index contributed by atoms with van der Waals surface area (Å²) in [4.78, 5) is 44.8. The van der Waals surface area contributed by atoms with Gasteiger partial charge in [0.1, 0.15) is 26.4 Å². The Morgan fingerprint density at radius 3 is 1.11 bits per heavy atom. The van der Waals surface area contributed by atoms with Gasteiger partial charge in [-0.1, -0.05) is 13.2 Å². The molecule has 0 N–H and O–H groups in total. The normalized spacial score (nSPS) is 10.2. The molecular formula is C22H34O14. The molecule has 0 unspecified atom stereocenters. The van der Waals surface area contributed by atoms with Crippen molar-refractivity contribution >= 4 is 24.2 Å². The van der Waals surface area contributed by atoms with Crippen molar-refractivity contribution in [3.8, 4) is 0 Å². The van der Waals surface area contributed by atoms with Gasteiger partial charge in [-0.05, 0) is 13.8 Å². The first-order valence-corrected chi connectivity index (χ1v) is 10.8. The second-order valence-electron chi connectivity index (χ2n) is 6.60. The first-order valence-electron chi connectivity index (χ1n) is 10.8. The van der Waals surface area contributed by atoms with Gasteiger partial charge in [0.25, 0.3) is 0 Å². The van der Waals surface area contributed by atoms with E-state index in [1.54, 1.807) is 0 Å². The van der Waals surface area contributed by atoms with Crippen molar-refractivity contribution in [2.45, 2.75) is 13.8 Å². The van der Waals surface area contributed by atoms with Gasteiger partial charge in [0, 0.05) is 11.1 Å². The van der Waals surface area contributed by atoms with Crippen LogP contribution in [0.5, 0.6) is 0 Å². The van der Waals surface area contributed by atoms with Crippen LogP contribution in [-0.4, -0.2) is 104 Å². The molecule has 0 saturated heterocycles. The van der Waals surface area contributed by atoms with Crippen molar-refractivity contribution in [1.82, 2.24) is 0 Å². The molecular weight excluding hydrogens is 488 g/mol. The zero-order valence-corrected chi connectivity index (χ0v) is 20.6. The molecule has 14 nitrogen and oxygen atoms in total. The maximum absolute atomic E-state index is 11.3. The van der Waals surface area contributed by atoms with Gasteiger partial charge in [-0.2, -0.15) is 0 Å². The summed E-state index contributed by atoms with van der Waals surface area (Å²) >= 11 is 0. The molecule has 0 aromatic carbocycles. The van der Waals surface area contributed by atoms with Gasteiger partial charge in [0.2, 0.25) is 0 Å². The van der Waals surface area contributed by atoms with Gasteiger partial charge in [0.05, 0.1) is 39.6 Å². The van der Waals surface area contributed by atoms with E-state index in [4.69, 9.17) is 37.9 Å². The highest BCUT2D eigenvalue weighted by Gasteiger charge is 2.06. The van der Waals surface area contributed by atoms with Crippen LogP contribution < -0.4 is 0 Å². The first kappa shape index (κ1) is 32.8. The van der Waals surface area contributed by atoms with Crippen LogP contribution in [0.3, 0.4) is 0 Å². The number of hydrogen-bond donors (Lipinski definition) is 0. The third-order valence-electron chi connectivity index (χ3n) is 3.41. The Labute approximate surface area is 209 Å². The molecule has 0 aromatic heterocycles. The van der Waals surface area contributed by atoms with Crippen LogP contribution in [0, 0.1) is 0 Å². The van der Waals surface area contributed by atoms with Gasteiger partial charge in [-0.15, -0.1) is 0 Å². The molecule has 0 aliphatic heterocycles. The predicted molar refractivity (Wildman–Crippen MR) is 120 cm³/mol. The summed E-state index contributed by atoms with van der Waals surface area (Å²) in [6.07, 6.45) is -1.87. The van der Waals surface area contributed by atoms with Gasteiger partial charge < -0.3 is 47.4 Å². The number of hydrogen-bond acceptors (Lipinski definition) is 14. The molecule has 0 spiro atoms. The summed E-state index contributed by atoms with van der Waals surface area (Å²) in [6.45, 7) is 9.89. The van der Waals surface area contributed by atoms with Crippen LogP contribution in [0.1, 0.15) is 13.8 Å². The standard InChI is InChI=1S/C22H34O14/c1-17(2)19(23)31-11-9-29-15-35-21(25)33-13-7-27-5-6-28-8-14-34-22(26)36-16-30-10-12-32-20(24)18(3)4/h1,3,5-16H2,2,4H3. The van der Waals surface area contributed by atoms with E-state index < -0.39 is 24.2 Å². The molecule has 0 heterocycles. The van der Waals surface area contributed by atoms with Crippen LogP contribution >= 0.6 is 0 Å². The molecule has 0 atom stereocenters.